The van der Waals surface area contributed by atoms with E-state index in [0.29, 0.717) is 31.0 Å². The van der Waals surface area contributed by atoms with Gasteiger partial charge in [0.2, 0.25) is 5.43 Å². The number of carboxylic acids is 1. The second-order valence-corrected chi connectivity index (χ2v) is 6.52. The van der Waals surface area contributed by atoms with Crippen molar-refractivity contribution in [2.45, 2.75) is 52.1 Å². The second kappa shape index (κ2) is 7.64. The smallest absolute Gasteiger partial charge is 0.326 e. The molecule has 0 spiro atoms. The number of piperidine rings is 1. The van der Waals surface area contributed by atoms with Crippen LogP contribution in [0.4, 0.5) is 0 Å². The predicted octanol–water partition coefficient (Wildman–Crippen LogP) is 2.21. The largest absolute Gasteiger partial charge is 0.503 e. The fourth-order valence-corrected chi connectivity index (χ4v) is 3.10. The van der Waals surface area contributed by atoms with Crippen LogP contribution in [0.15, 0.2) is 17.1 Å². The van der Waals surface area contributed by atoms with Gasteiger partial charge in [-0.1, -0.05) is 20.3 Å². The summed E-state index contributed by atoms with van der Waals surface area (Å²) in [4.78, 5) is 25.6. The summed E-state index contributed by atoms with van der Waals surface area (Å²) in [6.45, 7) is 6.58. The van der Waals surface area contributed by atoms with E-state index in [9.17, 15) is 19.8 Å². The van der Waals surface area contributed by atoms with Gasteiger partial charge >= 0.3 is 5.97 Å². The molecule has 6 nitrogen and oxygen atoms in total. The molecular weight excluding hydrogens is 296 g/mol. The van der Waals surface area contributed by atoms with Gasteiger partial charge in [0.15, 0.2) is 5.75 Å². The number of hydrogen-bond acceptors (Lipinski definition) is 4. The van der Waals surface area contributed by atoms with Crippen LogP contribution in [0.25, 0.3) is 0 Å². The van der Waals surface area contributed by atoms with Crippen molar-refractivity contribution >= 4 is 5.97 Å². The van der Waals surface area contributed by atoms with Gasteiger partial charge in [-0.05, 0) is 38.3 Å². The fraction of sp³-hybridized carbons (Fsp3) is 0.647. The Bertz CT molecular complexity index is 603. The number of nitrogens with zero attached hydrogens (tertiary/aromatic N) is 2. The quantitative estimate of drug-likeness (QED) is 0.839. The lowest BCUT2D eigenvalue weighted by atomic mass is 9.99. The Hall–Kier alpha value is -1.82. The lowest BCUT2D eigenvalue weighted by Gasteiger charge is -2.31. The SMILES string of the molecule is CCCC(C(=O)O)n1cc(O)c(=O)cc1CN1CCC(C)CC1. The summed E-state index contributed by atoms with van der Waals surface area (Å²) in [5, 5.41) is 19.2. The van der Waals surface area contributed by atoms with Crippen molar-refractivity contribution < 1.29 is 15.0 Å². The third-order valence-electron chi connectivity index (χ3n) is 4.59. The molecule has 0 aliphatic carbocycles. The molecule has 1 unspecified atom stereocenters. The van der Waals surface area contributed by atoms with Crippen molar-refractivity contribution in [1.29, 1.82) is 0 Å². The van der Waals surface area contributed by atoms with Crippen LogP contribution in [0.3, 0.4) is 0 Å². The monoisotopic (exact) mass is 322 g/mol. The van der Waals surface area contributed by atoms with Crippen molar-refractivity contribution in [1.82, 2.24) is 9.47 Å². The number of carbonyl (C=O) groups is 1. The molecule has 0 bridgehead atoms. The van der Waals surface area contributed by atoms with Crippen molar-refractivity contribution in [3.05, 3.63) is 28.2 Å². The summed E-state index contributed by atoms with van der Waals surface area (Å²) in [7, 11) is 0. The van der Waals surface area contributed by atoms with Gasteiger partial charge in [-0.25, -0.2) is 4.79 Å². The first-order chi connectivity index (χ1) is 10.9. The maximum Gasteiger partial charge on any atom is 0.326 e. The van der Waals surface area contributed by atoms with E-state index in [0.717, 1.165) is 25.9 Å². The molecule has 1 aromatic heterocycles. The number of pyridine rings is 1. The van der Waals surface area contributed by atoms with E-state index >= 15 is 0 Å². The van der Waals surface area contributed by atoms with E-state index < -0.39 is 23.2 Å². The number of likely N-dealkylation sites (tertiary alicyclic amines) is 1. The average Bonchev–Trinajstić information content (AvgIpc) is 2.50. The summed E-state index contributed by atoms with van der Waals surface area (Å²) in [6, 6.07) is 0.615. The molecule has 1 atom stereocenters. The van der Waals surface area contributed by atoms with Gasteiger partial charge in [-0.3, -0.25) is 9.69 Å². The van der Waals surface area contributed by atoms with Gasteiger partial charge in [0.25, 0.3) is 0 Å². The van der Waals surface area contributed by atoms with Gasteiger partial charge in [0.1, 0.15) is 6.04 Å². The predicted molar refractivity (Wildman–Crippen MR) is 87.6 cm³/mol. The fourth-order valence-electron chi connectivity index (χ4n) is 3.10. The van der Waals surface area contributed by atoms with E-state index in [1.165, 1.54) is 12.3 Å². The molecule has 2 rings (SSSR count). The standard InChI is InChI=1S/C17H26N2O4/c1-3-4-14(17(22)23)19-11-16(21)15(20)9-13(19)10-18-7-5-12(2)6-8-18/h9,11-12,14,21H,3-8,10H2,1-2H3,(H,22,23). The first-order valence-corrected chi connectivity index (χ1v) is 8.31. The zero-order valence-corrected chi connectivity index (χ0v) is 13.9. The molecule has 2 heterocycles. The molecule has 6 heteroatoms. The molecule has 0 amide bonds. The Morgan fingerprint density at radius 1 is 1.39 bits per heavy atom. The topological polar surface area (TPSA) is 82.8 Å². The summed E-state index contributed by atoms with van der Waals surface area (Å²) < 4.78 is 1.56. The van der Waals surface area contributed by atoms with Gasteiger partial charge in [0, 0.05) is 18.3 Å². The minimum absolute atomic E-state index is 0.400. The van der Waals surface area contributed by atoms with Crippen LogP contribution in [0, 0.1) is 5.92 Å². The number of aromatic nitrogens is 1. The van der Waals surface area contributed by atoms with E-state index in [2.05, 4.69) is 11.8 Å². The van der Waals surface area contributed by atoms with Crippen LogP contribution in [-0.4, -0.2) is 38.7 Å². The van der Waals surface area contributed by atoms with Crippen molar-refractivity contribution in [3.8, 4) is 5.75 Å². The minimum Gasteiger partial charge on any atom is -0.503 e. The third-order valence-corrected chi connectivity index (χ3v) is 4.59. The molecule has 0 aromatic carbocycles. The molecule has 2 N–H and O–H groups in total. The summed E-state index contributed by atoms with van der Waals surface area (Å²) in [6.07, 6.45) is 4.67. The third kappa shape index (κ3) is 4.34. The van der Waals surface area contributed by atoms with Crippen molar-refractivity contribution in [3.63, 3.8) is 0 Å². The first kappa shape index (κ1) is 17.5. The van der Waals surface area contributed by atoms with E-state index in [1.807, 2.05) is 6.92 Å². The number of aliphatic carboxylic acids is 1. The van der Waals surface area contributed by atoms with Crippen LogP contribution in [0.5, 0.6) is 5.75 Å². The Morgan fingerprint density at radius 3 is 2.61 bits per heavy atom. The highest BCUT2D eigenvalue weighted by Crippen LogP contribution is 2.22. The van der Waals surface area contributed by atoms with Crippen molar-refractivity contribution in [2.24, 2.45) is 5.92 Å². The Morgan fingerprint density at radius 2 is 2.04 bits per heavy atom. The highest BCUT2D eigenvalue weighted by Gasteiger charge is 2.23. The molecule has 1 fully saturated rings. The maximum absolute atomic E-state index is 11.8. The van der Waals surface area contributed by atoms with Crippen LogP contribution in [-0.2, 0) is 11.3 Å². The maximum atomic E-state index is 11.8. The van der Waals surface area contributed by atoms with Crippen LogP contribution in [0.2, 0.25) is 0 Å². The number of rotatable bonds is 6. The highest BCUT2D eigenvalue weighted by molar-refractivity contribution is 5.72. The Kier molecular flexibility index (Phi) is 5.82. The average molecular weight is 322 g/mol. The van der Waals surface area contributed by atoms with Crippen LogP contribution < -0.4 is 5.43 Å². The van der Waals surface area contributed by atoms with Gasteiger partial charge < -0.3 is 14.8 Å². The van der Waals surface area contributed by atoms with E-state index in [4.69, 9.17) is 0 Å². The second-order valence-electron chi connectivity index (χ2n) is 6.52. The molecule has 1 aliphatic rings. The summed E-state index contributed by atoms with van der Waals surface area (Å²) in [5.74, 6) is -0.632. The Balaban J connectivity index is 2.31. The molecule has 23 heavy (non-hydrogen) atoms. The molecule has 1 saturated heterocycles. The molecular formula is C17H26N2O4. The van der Waals surface area contributed by atoms with Crippen LogP contribution >= 0.6 is 0 Å². The van der Waals surface area contributed by atoms with Gasteiger partial charge in [0.05, 0.1) is 6.20 Å². The molecule has 0 radical (unpaired) electrons. The van der Waals surface area contributed by atoms with E-state index in [-0.39, 0.29) is 0 Å². The normalized spacial score (nSPS) is 18.0. The van der Waals surface area contributed by atoms with Crippen molar-refractivity contribution in [2.75, 3.05) is 13.1 Å². The zero-order chi connectivity index (χ0) is 17.0. The molecule has 0 saturated carbocycles. The number of carboxylic acid groups (broad SMARTS) is 1. The molecule has 1 aliphatic heterocycles. The minimum atomic E-state index is -0.941. The summed E-state index contributed by atoms with van der Waals surface area (Å²) >= 11 is 0. The van der Waals surface area contributed by atoms with E-state index in [1.54, 1.807) is 4.57 Å². The lowest BCUT2D eigenvalue weighted by molar-refractivity contribution is -0.141. The zero-order valence-electron chi connectivity index (χ0n) is 13.9. The lowest BCUT2D eigenvalue weighted by Crippen LogP contribution is -2.34. The highest BCUT2D eigenvalue weighted by atomic mass is 16.4. The molecule has 1 aromatic rings. The summed E-state index contributed by atoms with van der Waals surface area (Å²) in [5.41, 5.74) is 0.200. The number of aromatic hydroxyl groups is 1. The number of hydrogen-bond donors (Lipinski definition) is 2. The Labute approximate surface area is 136 Å². The van der Waals surface area contributed by atoms with Gasteiger partial charge in [-0.2, -0.15) is 0 Å². The van der Waals surface area contributed by atoms with Crippen LogP contribution in [0.1, 0.15) is 51.3 Å². The first-order valence-electron chi connectivity index (χ1n) is 8.31. The molecule has 128 valence electrons. The van der Waals surface area contributed by atoms with Gasteiger partial charge in [-0.15, -0.1) is 0 Å².